The van der Waals surface area contributed by atoms with Crippen molar-refractivity contribution in [3.63, 3.8) is 0 Å². The summed E-state index contributed by atoms with van der Waals surface area (Å²) in [4.78, 5) is 16.8. The summed E-state index contributed by atoms with van der Waals surface area (Å²) in [7, 11) is 1.61. The van der Waals surface area contributed by atoms with Crippen molar-refractivity contribution in [1.82, 2.24) is 9.55 Å². The van der Waals surface area contributed by atoms with Crippen molar-refractivity contribution in [2.45, 2.75) is 10.8 Å². The van der Waals surface area contributed by atoms with E-state index in [1.165, 1.54) is 11.8 Å². The minimum absolute atomic E-state index is 0.137. The first kappa shape index (κ1) is 16.6. The molecule has 6 heteroatoms. The van der Waals surface area contributed by atoms with E-state index in [-0.39, 0.29) is 5.56 Å². The van der Waals surface area contributed by atoms with Gasteiger partial charge in [-0.15, -0.1) is 0 Å². The van der Waals surface area contributed by atoms with Gasteiger partial charge in [-0.3, -0.25) is 9.36 Å². The molecular formula is C18H15ClN2O2S. The smallest absolute Gasteiger partial charge is 0.287 e. The molecule has 4 nitrogen and oxygen atoms in total. The number of benzene rings is 2. The van der Waals surface area contributed by atoms with Crippen LogP contribution in [-0.2, 0) is 5.75 Å². The molecule has 2 aromatic carbocycles. The summed E-state index contributed by atoms with van der Waals surface area (Å²) in [5.41, 5.74) is 1.73. The van der Waals surface area contributed by atoms with E-state index in [0.717, 1.165) is 17.0 Å². The lowest BCUT2D eigenvalue weighted by atomic mass is 10.2. The van der Waals surface area contributed by atoms with Gasteiger partial charge in [0.25, 0.3) is 5.56 Å². The number of hydrogen-bond donors (Lipinski definition) is 0. The van der Waals surface area contributed by atoms with Crippen molar-refractivity contribution in [2.75, 3.05) is 7.11 Å². The van der Waals surface area contributed by atoms with Gasteiger partial charge in [-0.25, -0.2) is 4.98 Å². The summed E-state index contributed by atoms with van der Waals surface area (Å²) in [6, 6.07) is 14.9. The Morgan fingerprint density at radius 1 is 1.12 bits per heavy atom. The average molecular weight is 359 g/mol. The van der Waals surface area contributed by atoms with E-state index in [1.54, 1.807) is 24.1 Å². The average Bonchev–Trinajstić information content (AvgIpc) is 2.62. The molecule has 3 aromatic rings. The van der Waals surface area contributed by atoms with Crippen molar-refractivity contribution in [1.29, 1.82) is 0 Å². The summed E-state index contributed by atoms with van der Waals surface area (Å²) in [5, 5.41) is 1.16. The van der Waals surface area contributed by atoms with Crippen molar-refractivity contribution >= 4 is 23.4 Å². The van der Waals surface area contributed by atoms with Crippen molar-refractivity contribution < 1.29 is 4.74 Å². The molecule has 0 spiro atoms. The molecular weight excluding hydrogens is 344 g/mol. The van der Waals surface area contributed by atoms with Crippen LogP contribution in [0.15, 0.2) is 70.7 Å². The molecule has 0 bridgehead atoms. The highest BCUT2D eigenvalue weighted by Crippen LogP contribution is 2.20. The topological polar surface area (TPSA) is 44.1 Å². The van der Waals surface area contributed by atoms with Crippen LogP contribution >= 0.6 is 23.4 Å². The van der Waals surface area contributed by atoms with Crippen molar-refractivity contribution in [2.24, 2.45) is 0 Å². The molecule has 0 aliphatic carbocycles. The molecule has 24 heavy (non-hydrogen) atoms. The van der Waals surface area contributed by atoms with Crippen LogP contribution in [0, 0.1) is 0 Å². The predicted molar refractivity (Wildman–Crippen MR) is 97.4 cm³/mol. The molecule has 3 rings (SSSR count). The van der Waals surface area contributed by atoms with Crippen LogP contribution in [0.2, 0.25) is 5.02 Å². The highest BCUT2D eigenvalue weighted by atomic mass is 35.5. The molecule has 1 aromatic heterocycles. The Kier molecular flexibility index (Phi) is 5.23. The van der Waals surface area contributed by atoms with E-state index in [1.807, 2.05) is 48.5 Å². The van der Waals surface area contributed by atoms with Gasteiger partial charge in [-0.2, -0.15) is 0 Å². The second kappa shape index (κ2) is 7.55. The molecule has 0 radical (unpaired) electrons. The molecule has 0 aliphatic heterocycles. The fourth-order valence-electron chi connectivity index (χ4n) is 2.17. The third-order valence-corrected chi connectivity index (χ3v) is 4.73. The lowest BCUT2D eigenvalue weighted by Crippen LogP contribution is -2.20. The molecule has 0 fully saturated rings. The van der Waals surface area contributed by atoms with Gasteiger partial charge in [0.2, 0.25) is 0 Å². The van der Waals surface area contributed by atoms with Gasteiger partial charge in [0.15, 0.2) is 5.03 Å². The molecule has 0 aliphatic rings. The third kappa shape index (κ3) is 3.80. The van der Waals surface area contributed by atoms with Gasteiger partial charge in [-0.1, -0.05) is 35.5 Å². The zero-order valence-electron chi connectivity index (χ0n) is 13.0. The van der Waals surface area contributed by atoms with Crippen LogP contribution in [0.5, 0.6) is 5.75 Å². The Morgan fingerprint density at radius 3 is 2.50 bits per heavy atom. The van der Waals surface area contributed by atoms with Gasteiger partial charge >= 0.3 is 0 Å². The summed E-state index contributed by atoms with van der Waals surface area (Å²) in [6.45, 7) is 0. The Bertz CT molecular complexity index is 877. The zero-order valence-corrected chi connectivity index (χ0v) is 14.6. The summed E-state index contributed by atoms with van der Waals surface area (Å²) >= 11 is 7.29. The number of methoxy groups -OCH3 is 1. The molecule has 0 N–H and O–H groups in total. The first-order valence-electron chi connectivity index (χ1n) is 7.27. The lowest BCUT2D eigenvalue weighted by molar-refractivity contribution is 0.414. The first-order chi connectivity index (χ1) is 11.7. The van der Waals surface area contributed by atoms with Crippen LogP contribution in [0.4, 0.5) is 0 Å². The van der Waals surface area contributed by atoms with Crippen molar-refractivity contribution in [3.8, 4) is 11.4 Å². The van der Waals surface area contributed by atoms with Crippen molar-refractivity contribution in [3.05, 3.63) is 81.9 Å². The predicted octanol–water partition coefficient (Wildman–Crippen LogP) is 4.19. The van der Waals surface area contributed by atoms with E-state index in [4.69, 9.17) is 16.3 Å². The maximum absolute atomic E-state index is 12.6. The van der Waals surface area contributed by atoms with Crippen LogP contribution in [0.3, 0.4) is 0 Å². The monoisotopic (exact) mass is 358 g/mol. The molecule has 0 amide bonds. The number of aromatic nitrogens is 2. The fourth-order valence-corrected chi connectivity index (χ4v) is 3.15. The molecule has 0 unspecified atom stereocenters. The Hall–Kier alpha value is -2.24. The largest absolute Gasteiger partial charge is 0.497 e. The van der Waals surface area contributed by atoms with Crippen LogP contribution < -0.4 is 10.3 Å². The van der Waals surface area contributed by atoms with Crippen LogP contribution in [-0.4, -0.2) is 16.7 Å². The van der Waals surface area contributed by atoms with E-state index in [9.17, 15) is 4.79 Å². The fraction of sp³-hybridized carbons (Fsp3) is 0.111. The highest BCUT2D eigenvalue weighted by molar-refractivity contribution is 7.98. The number of hydrogen-bond acceptors (Lipinski definition) is 4. The number of rotatable bonds is 5. The molecule has 0 saturated heterocycles. The quantitative estimate of drug-likeness (QED) is 0.641. The van der Waals surface area contributed by atoms with E-state index in [2.05, 4.69) is 4.98 Å². The zero-order chi connectivity index (χ0) is 16.9. The lowest BCUT2D eigenvalue weighted by Gasteiger charge is -2.08. The van der Waals surface area contributed by atoms with Crippen LogP contribution in [0.1, 0.15) is 5.56 Å². The number of ether oxygens (including phenoxy) is 1. The van der Waals surface area contributed by atoms with Gasteiger partial charge < -0.3 is 4.74 Å². The van der Waals surface area contributed by atoms with E-state index >= 15 is 0 Å². The Morgan fingerprint density at radius 2 is 1.83 bits per heavy atom. The van der Waals surface area contributed by atoms with E-state index in [0.29, 0.717) is 15.8 Å². The maximum Gasteiger partial charge on any atom is 0.287 e. The minimum atomic E-state index is -0.137. The first-order valence-corrected chi connectivity index (χ1v) is 8.63. The maximum atomic E-state index is 12.6. The molecule has 1 heterocycles. The second-order valence-electron chi connectivity index (χ2n) is 5.02. The standard InChI is InChI=1S/C18H15ClN2O2S/c1-23-16-8-6-15(7-9-16)21-11-10-20-17(18(21)22)24-12-13-2-4-14(19)5-3-13/h2-11H,12H2,1H3. The number of thioether (sulfide) groups is 1. The Labute approximate surface area is 149 Å². The number of nitrogens with zero attached hydrogens (tertiary/aromatic N) is 2. The third-order valence-electron chi connectivity index (χ3n) is 3.45. The van der Waals surface area contributed by atoms with E-state index < -0.39 is 0 Å². The summed E-state index contributed by atoms with van der Waals surface area (Å²) in [6.07, 6.45) is 3.30. The molecule has 122 valence electrons. The highest BCUT2D eigenvalue weighted by Gasteiger charge is 2.08. The van der Waals surface area contributed by atoms with Gasteiger partial charge in [0.1, 0.15) is 5.75 Å². The van der Waals surface area contributed by atoms with Gasteiger partial charge in [0.05, 0.1) is 7.11 Å². The number of halogens is 1. The SMILES string of the molecule is COc1ccc(-n2ccnc(SCc3ccc(Cl)cc3)c2=O)cc1. The molecule has 0 saturated carbocycles. The Balaban J connectivity index is 1.82. The summed E-state index contributed by atoms with van der Waals surface area (Å²) in [5.74, 6) is 1.41. The van der Waals surface area contributed by atoms with Gasteiger partial charge in [0, 0.05) is 28.9 Å². The minimum Gasteiger partial charge on any atom is -0.497 e. The van der Waals surface area contributed by atoms with Crippen LogP contribution in [0.25, 0.3) is 5.69 Å². The molecule has 0 atom stereocenters. The summed E-state index contributed by atoms with van der Waals surface area (Å²) < 4.78 is 6.72. The van der Waals surface area contributed by atoms with Gasteiger partial charge in [-0.05, 0) is 42.0 Å². The normalized spacial score (nSPS) is 10.6. The second-order valence-corrected chi connectivity index (χ2v) is 6.42.